The van der Waals surface area contributed by atoms with Gasteiger partial charge < -0.3 is 14.6 Å². The van der Waals surface area contributed by atoms with E-state index in [-0.39, 0.29) is 12.2 Å². The Bertz CT molecular complexity index is 931. The number of methoxy groups -OCH3 is 1. The monoisotopic (exact) mass is 425 g/mol. The zero-order valence-electron chi connectivity index (χ0n) is 18.5. The molecule has 0 saturated heterocycles. The van der Waals surface area contributed by atoms with Crippen LogP contribution < -0.4 is 9.47 Å². The van der Waals surface area contributed by atoms with Crippen molar-refractivity contribution >= 4 is 11.8 Å². The fourth-order valence-electron chi connectivity index (χ4n) is 4.18. The highest BCUT2D eigenvalue weighted by Gasteiger charge is 2.43. The number of carbonyl (C=O) groups is 2. The van der Waals surface area contributed by atoms with E-state index in [1.165, 1.54) is 18.9 Å². The molecule has 0 spiro atoms. The van der Waals surface area contributed by atoms with Gasteiger partial charge >= 0.3 is 5.97 Å². The van der Waals surface area contributed by atoms with Gasteiger partial charge in [0.2, 0.25) is 0 Å². The first kappa shape index (κ1) is 22.8. The van der Waals surface area contributed by atoms with Crippen LogP contribution in [0.4, 0.5) is 0 Å². The molecule has 0 radical (unpaired) electrons. The smallest absolute Gasteiger partial charge is 0.310 e. The molecule has 1 aromatic carbocycles. The fourth-order valence-corrected chi connectivity index (χ4v) is 4.18. The van der Waals surface area contributed by atoms with Gasteiger partial charge in [-0.1, -0.05) is 36.8 Å². The Morgan fingerprint density at radius 1 is 1.23 bits per heavy atom. The average Bonchev–Trinajstić information content (AvgIpc) is 2.75. The number of benzene rings is 1. The summed E-state index contributed by atoms with van der Waals surface area (Å²) in [4.78, 5) is 29.2. The van der Waals surface area contributed by atoms with Crippen LogP contribution in [0, 0.1) is 18.3 Å². The van der Waals surface area contributed by atoms with Crippen molar-refractivity contribution < 1.29 is 24.2 Å². The second-order valence-electron chi connectivity index (χ2n) is 8.69. The molecule has 3 rings (SSSR count). The summed E-state index contributed by atoms with van der Waals surface area (Å²) in [5.74, 6) is 0.0843. The van der Waals surface area contributed by atoms with Gasteiger partial charge in [-0.25, -0.2) is 4.98 Å². The maximum absolute atomic E-state index is 13.0. The minimum absolute atomic E-state index is 0.0220. The van der Waals surface area contributed by atoms with E-state index in [0.29, 0.717) is 49.0 Å². The first-order chi connectivity index (χ1) is 14.8. The number of carboxylic acids is 1. The third-order valence-corrected chi connectivity index (χ3v) is 6.25. The normalized spacial score (nSPS) is 20.8. The van der Waals surface area contributed by atoms with Gasteiger partial charge in [-0.2, -0.15) is 0 Å². The van der Waals surface area contributed by atoms with E-state index >= 15 is 0 Å². The predicted octanol–water partition coefficient (Wildman–Crippen LogP) is 4.87. The highest BCUT2D eigenvalue weighted by atomic mass is 16.5. The van der Waals surface area contributed by atoms with Gasteiger partial charge in [-0.15, -0.1) is 0 Å². The summed E-state index contributed by atoms with van der Waals surface area (Å²) in [5.41, 5.74) is 1.71. The Morgan fingerprint density at radius 3 is 2.61 bits per heavy atom. The van der Waals surface area contributed by atoms with Crippen molar-refractivity contribution in [2.45, 2.75) is 52.4 Å². The van der Waals surface area contributed by atoms with Crippen LogP contribution in [0.3, 0.4) is 0 Å². The highest BCUT2D eigenvalue weighted by Crippen LogP contribution is 2.42. The summed E-state index contributed by atoms with van der Waals surface area (Å²) in [5, 5.41) is 9.84. The number of hydrogen-bond donors (Lipinski definition) is 1. The van der Waals surface area contributed by atoms with E-state index in [4.69, 9.17) is 9.47 Å². The molecule has 1 aromatic heterocycles. The largest absolute Gasteiger partial charge is 0.488 e. The van der Waals surface area contributed by atoms with Crippen LogP contribution >= 0.6 is 0 Å². The van der Waals surface area contributed by atoms with Crippen LogP contribution in [-0.2, 0) is 11.2 Å². The van der Waals surface area contributed by atoms with E-state index in [1.807, 2.05) is 25.1 Å². The second-order valence-corrected chi connectivity index (χ2v) is 8.69. The molecule has 0 bridgehead atoms. The highest BCUT2D eigenvalue weighted by molar-refractivity contribution is 5.99. The number of Topliss-reactive ketones (excluding diaryl/α,β-unsaturated/α-hetero) is 1. The Hall–Kier alpha value is -2.89. The molecule has 1 heterocycles. The van der Waals surface area contributed by atoms with Crippen LogP contribution in [0.15, 0.2) is 36.5 Å². The van der Waals surface area contributed by atoms with Crippen molar-refractivity contribution in [3.05, 3.63) is 53.2 Å². The Morgan fingerprint density at radius 2 is 1.97 bits per heavy atom. The molecule has 1 aliphatic carbocycles. The number of rotatable bonds is 9. The summed E-state index contributed by atoms with van der Waals surface area (Å²) >= 11 is 0. The zero-order chi connectivity index (χ0) is 22.4. The first-order valence-electron chi connectivity index (χ1n) is 10.8. The van der Waals surface area contributed by atoms with Crippen LogP contribution in [0.5, 0.6) is 11.6 Å². The number of aromatic nitrogens is 1. The van der Waals surface area contributed by atoms with Crippen LogP contribution in [0.25, 0.3) is 0 Å². The van der Waals surface area contributed by atoms with E-state index in [0.717, 1.165) is 18.4 Å². The van der Waals surface area contributed by atoms with E-state index in [1.54, 1.807) is 6.07 Å². The lowest BCUT2D eigenvalue weighted by Gasteiger charge is -2.35. The number of aryl methyl sites for hydroxylation is 1. The van der Waals surface area contributed by atoms with Crippen molar-refractivity contribution in [3.8, 4) is 11.6 Å². The van der Waals surface area contributed by atoms with Gasteiger partial charge in [0.05, 0.1) is 19.1 Å². The molecule has 1 aliphatic rings. The third-order valence-electron chi connectivity index (χ3n) is 6.25. The third kappa shape index (κ3) is 5.63. The molecular weight excluding hydrogens is 394 g/mol. The molecule has 1 N–H and O–H groups in total. The van der Waals surface area contributed by atoms with Gasteiger partial charge in [0.1, 0.15) is 0 Å². The maximum Gasteiger partial charge on any atom is 0.310 e. The molecule has 2 aromatic rings. The van der Waals surface area contributed by atoms with E-state index in [9.17, 15) is 14.7 Å². The molecule has 0 unspecified atom stereocenters. The molecule has 1 fully saturated rings. The van der Waals surface area contributed by atoms with Crippen LogP contribution in [0.2, 0.25) is 0 Å². The summed E-state index contributed by atoms with van der Waals surface area (Å²) in [6.07, 6.45) is 4.84. The summed E-state index contributed by atoms with van der Waals surface area (Å²) in [6.45, 7) is 4.58. The van der Waals surface area contributed by atoms with Crippen molar-refractivity contribution in [2.24, 2.45) is 11.3 Å². The zero-order valence-corrected chi connectivity index (χ0v) is 18.5. The van der Waals surface area contributed by atoms with Crippen molar-refractivity contribution in [1.29, 1.82) is 0 Å². The van der Waals surface area contributed by atoms with Gasteiger partial charge in [-0.3, -0.25) is 9.59 Å². The number of carboxylic acid groups (broad SMARTS) is 1. The average molecular weight is 426 g/mol. The van der Waals surface area contributed by atoms with Gasteiger partial charge in [0, 0.05) is 24.6 Å². The standard InChI is InChI=1S/C25H31NO5/c1-17-7-10-25(11-8-17,24(28)29)15-21(27)20-14-22(23(30-3)26-16-20)31-12-9-19-6-4-5-18(2)13-19/h4-6,13-14,16-17H,7-12,15H2,1-3H3,(H,28,29). The number of carbonyl (C=O) groups excluding carboxylic acids is 1. The van der Waals surface area contributed by atoms with Gasteiger partial charge in [0.25, 0.3) is 5.88 Å². The number of ketones is 1. The van der Waals surface area contributed by atoms with Crippen molar-refractivity contribution in [1.82, 2.24) is 4.98 Å². The molecule has 166 valence electrons. The Kier molecular flexibility index (Phi) is 7.31. The number of hydrogen-bond acceptors (Lipinski definition) is 5. The molecule has 6 heteroatoms. The first-order valence-corrected chi connectivity index (χ1v) is 10.8. The maximum atomic E-state index is 13.0. The van der Waals surface area contributed by atoms with Gasteiger partial charge in [-0.05, 0) is 50.2 Å². The van der Waals surface area contributed by atoms with E-state index in [2.05, 4.69) is 18.0 Å². The van der Waals surface area contributed by atoms with Crippen molar-refractivity contribution in [3.63, 3.8) is 0 Å². The second kappa shape index (κ2) is 9.94. The fraction of sp³-hybridized carbons (Fsp3) is 0.480. The SMILES string of the molecule is COc1ncc(C(=O)CC2(C(=O)O)CCC(C)CC2)cc1OCCc1cccc(C)c1. The lowest BCUT2D eigenvalue weighted by molar-refractivity contribution is -0.151. The number of ether oxygens (including phenoxy) is 2. The van der Waals surface area contributed by atoms with Crippen LogP contribution in [-0.4, -0.2) is 35.6 Å². The number of nitrogens with zero attached hydrogens (tertiary/aromatic N) is 1. The van der Waals surface area contributed by atoms with Crippen LogP contribution in [0.1, 0.15) is 60.5 Å². The quantitative estimate of drug-likeness (QED) is 0.577. The predicted molar refractivity (Wildman–Crippen MR) is 118 cm³/mol. The summed E-state index contributed by atoms with van der Waals surface area (Å²) in [7, 11) is 1.50. The Balaban J connectivity index is 1.71. The molecular formula is C25H31NO5. The molecule has 1 saturated carbocycles. The molecule has 0 aliphatic heterocycles. The topological polar surface area (TPSA) is 85.7 Å². The lowest BCUT2D eigenvalue weighted by atomic mass is 9.68. The van der Waals surface area contributed by atoms with Gasteiger partial charge in [0.15, 0.2) is 11.5 Å². The van der Waals surface area contributed by atoms with E-state index < -0.39 is 11.4 Å². The summed E-state index contributed by atoms with van der Waals surface area (Å²) in [6, 6.07) is 9.82. The number of pyridine rings is 1. The van der Waals surface area contributed by atoms with Crippen molar-refractivity contribution in [2.75, 3.05) is 13.7 Å². The lowest BCUT2D eigenvalue weighted by Crippen LogP contribution is -2.37. The molecule has 0 amide bonds. The minimum Gasteiger partial charge on any atom is -0.488 e. The minimum atomic E-state index is -0.990. The summed E-state index contributed by atoms with van der Waals surface area (Å²) < 4.78 is 11.2. The molecule has 0 atom stereocenters. The Labute approximate surface area is 183 Å². The molecule has 6 nitrogen and oxygen atoms in total. The number of aliphatic carboxylic acids is 1. The molecule has 31 heavy (non-hydrogen) atoms.